The molecule has 0 amide bonds. The highest BCUT2D eigenvalue weighted by atomic mass is 32.2. The topological polar surface area (TPSA) is 66.5 Å². The third-order valence-electron chi connectivity index (χ3n) is 2.84. The van der Waals surface area contributed by atoms with E-state index >= 15 is 0 Å². The number of halogens is 1. The number of aromatic nitrogens is 4. The Morgan fingerprint density at radius 3 is 3.05 bits per heavy atom. The second kappa shape index (κ2) is 5.46. The van der Waals surface area contributed by atoms with Crippen molar-refractivity contribution in [2.45, 2.75) is 11.7 Å². The van der Waals surface area contributed by atoms with Crippen molar-refractivity contribution in [2.75, 3.05) is 11.6 Å². The van der Waals surface area contributed by atoms with Gasteiger partial charge in [0, 0.05) is 12.4 Å². The number of nitrogens with zero attached hydrogens (tertiary/aromatic N) is 3. The molecular formula is C13H12FN5S. The van der Waals surface area contributed by atoms with E-state index in [2.05, 4.69) is 25.3 Å². The quantitative estimate of drug-likeness (QED) is 0.571. The molecule has 0 fully saturated rings. The summed E-state index contributed by atoms with van der Waals surface area (Å²) in [5.74, 6) is 0.343. The summed E-state index contributed by atoms with van der Waals surface area (Å²) in [6.07, 6.45) is 5.28. The molecule has 0 spiro atoms. The van der Waals surface area contributed by atoms with Gasteiger partial charge in [-0.25, -0.2) is 14.4 Å². The van der Waals surface area contributed by atoms with E-state index in [0.29, 0.717) is 16.7 Å². The summed E-state index contributed by atoms with van der Waals surface area (Å²) in [5, 5.41) is 4.65. The maximum atomic E-state index is 13.5. The van der Waals surface area contributed by atoms with Crippen LogP contribution in [0.4, 0.5) is 10.2 Å². The van der Waals surface area contributed by atoms with Gasteiger partial charge in [-0.3, -0.25) is 4.98 Å². The molecule has 3 aromatic rings. The van der Waals surface area contributed by atoms with Crippen LogP contribution in [0.1, 0.15) is 5.69 Å². The predicted molar refractivity (Wildman–Crippen MR) is 77.2 cm³/mol. The zero-order valence-electron chi connectivity index (χ0n) is 10.7. The lowest BCUT2D eigenvalue weighted by atomic mass is 10.3. The maximum absolute atomic E-state index is 13.5. The van der Waals surface area contributed by atoms with Crippen molar-refractivity contribution in [2.24, 2.45) is 0 Å². The smallest absolute Gasteiger partial charge is 0.191 e. The van der Waals surface area contributed by atoms with Gasteiger partial charge >= 0.3 is 0 Å². The summed E-state index contributed by atoms with van der Waals surface area (Å²) in [6, 6.07) is 4.85. The average molecular weight is 289 g/mol. The van der Waals surface area contributed by atoms with Crippen LogP contribution in [0.25, 0.3) is 11.0 Å². The summed E-state index contributed by atoms with van der Waals surface area (Å²) < 4.78 is 13.5. The van der Waals surface area contributed by atoms with Gasteiger partial charge in [0.25, 0.3) is 0 Å². The molecule has 0 unspecified atom stereocenters. The molecule has 0 aliphatic heterocycles. The molecule has 5 nitrogen and oxygen atoms in total. The highest BCUT2D eigenvalue weighted by Crippen LogP contribution is 2.23. The Kier molecular flexibility index (Phi) is 3.51. The number of H-pyrrole nitrogens is 1. The number of nitrogens with one attached hydrogen (secondary N) is 2. The van der Waals surface area contributed by atoms with Crippen LogP contribution in [-0.4, -0.2) is 26.2 Å². The second-order valence-corrected chi connectivity index (χ2v) is 4.86. The average Bonchev–Trinajstić information content (AvgIpc) is 2.94. The maximum Gasteiger partial charge on any atom is 0.191 e. The molecule has 0 atom stereocenters. The summed E-state index contributed by atoms with van der Waals surface area (Å²) >= 11 is 1.45. The van der Waals surface area contributed by atoms with Crippen LogP contribution in [0, 0.1) is 5.82 Å². The van der Waals surface area contributed by atoms with E-state index in [0.717, 1.165) is 11.0 Å². The number of hydrogen-bond donors (Lipinski definition) is 2. The van der Waals surface area contributed by atoms with Crippen molar-refractivity contribution in [3.8, 4) is 0 Å². The van der Waals surface area contributed by atoms with Crippen LogP contribution >= 0.6 is 11.8 Å². The number of aromatic amines is 1. The van der Waals surface area contributed by atoms with Crippen LogP contribution in [0.3, 0.4) is 0 Å². The predicted octanol–water partition coefficient (Wildman–Crippen LogP) is 2.83. The Hall–Kier alpha value is -2.15. The number of thioether (sulfide) groups is 1. The molecule has 2 N–H and O–H groups in total. The van der Waals surface area contributed by atoms with Gasteiger partial charge in [0.1, 0.15) is 17.3 Å². The van der Waals surface area contributed by atoms with Gasteiger partial charge in [0.2, 0.25) is 0 Å². The number of fused-ring (bicyclic) bond motifs is 1. The molecule has 0 aromatic carbocycles. The van der Waals surface area contributed by atoms with Gasteiger partial charge in [-0.05, 0) is 24.5 Å². The molecule has 7 heteroatoms. The van der Waals surface area contributed by atoms with E-state index in [-0.39, 0.29) is 12.4 Å². The monoisotopic (exact) mass is 289 g/mol. The van der Waals surface area contributed by atoms with Crippen molar-refractivity contribution in [1.29, 1.82) is 0 Å². The largest absolute Gasteiger partial charge is 0.364 e. The molecule has 0 saturated carbocycles. The van der Waals surface area contributed by atoms with E-state index in [1.807, 2.05) is 12.3 Å². The lowest BCUT2D eigenvalue weighted by Gasteiger charge is -2.08. The molecule has 102 valence electrons. The summed E-state index contributed by atoms with van der Waals surface area (Å²) in [5.41, 5.74) is 1.12. The Balaban J connectivity index is 1.90. The van der Waals surface area contributed by atoms with Crippen molar-refractivity contribution < 1.29 is 4.39 Å². The molecule has 0 saturated heterocycles. The molecule has 0 aliphatic rings. The Bertz CT molecular complexity index is 742. The molecule has 3 rings (SSSR count). The molecule has 0 aliphatic carbocycles. The second-order valence-electron chi connectivity index (χ2n) is 4.08. The van der Waals surface area contributed by atoms with Crippen LogP contribution in [0.15, 0.2) is 35.7 Å². The van der Waals surface area contributed by atoms with E-state index in [1.54, 1.807) is 18.5 Å². The molecule has 0 radical (unpaired) electrons. The van der Waals surface area contributed by atoms with Gasteiger partial charge in [-0.15, -0.1) is 0 Å². The van der Waals surface area contributed by atoms with Crippen LogP contribution < -0.4 is 5.32 Å². The van der Waals surface area contributed by atoms with E-state index in [9.17, 15) is 4.39 Å². The van der Waals surface area contributed by atoms with Crippen molar-refractivity contribution in [1.82, 2.24) is 19.9 Å². The van der Waals surface area contributed by atoms with Gasteiger partial charge in [-0.2, -0.15) is 0 Å². The number of hydrogen-bond acceptors (Lipinski definition) is 5. The van der Waals surface area contributed by atoms with Gasteiger partial charge < -0.3 is 10.3 Å². The zero-order valence-corrected chi connectivity index (χ0v) is 11.5. The Morgan fingerprint density at radius 1 is 1.35 bits per heavy atom. The van der Waals surface area contributed by atoms with Crippen molar-refractivity contribution >= 4 is 28.6 Å². The first-order valence-corrected chi connectivity index (χ1v) is 7.23. The fourth-order valence-electron chi connectivity index (χ4n) is 1.86. The van der Waals surface area contributed by atoms with E-state index in [4.69, 9.17) is 0 Å². The molecule has 20 heavy (non-hydrogen) atoms. The first kappa shape index (κ1) is 12.9. The lowest BCUT2D eigenvalue weighted by molar-refractivity contribution is 0.602. The fourth-order valence-corrected chi connectivity index (χ4v) is 2.23. The van der Waals surface area contributed by atoms with Crippen LogP contribution in [0.2, 0.25) is 0 Å². The first-order valence-electron chi connectivity index (χ1n) is 6.00. The summed E-state index contributed by atoms with van der Waals surface area (Å²) in [6.45, 7) is 0.276. The van der Waals surface area contributed by atoms with Gasteiger partial charge in [0.15, 0.2) is 5.16 Å². The SMILES string of the molecule is CSc1nc(NCc2ncccc2F)c2cc[nH]c2n1. The van der Waals surface area contributed by atoms with Gasteiger partial charge in [0.05, 0.1) is 17.6 Å². The first-order chi connectivity index (χ1) is 9.78. The number of pyridine rings is 1. The fraction of sp³-hybridized carbons (Fsp3) is 0.154. The van der Waals surface area contributed by atoms with Crippen molar-refractivity contribution in [3.63, 3.8) is 0 Å². The Morgan fingerprint density at radius 2 is 2.25 bits per heavy atom. The third kappa shape index (κ3) is 2.44. The minimum Gasteiger partial charge on any atom is -0.364 e. The van der Waals surface area contributed by atoms with Crippen molar-refractivity contribution in [3.05, 3.63) is 42.1 Å². The summed E-state index contributed by atoms with van der Waals surface area (Å²) in [4.78, 5) is 15.8. The van der Waals surface area contributed by atoms with E-state index in [1.165, 1.54) is 17.8 Å². The Labute approximate surface area is 119 Å². The minimum atomic E-state index is -0.329. The number of anilines is 1. The standard InChI is InChI=1S/C13H12FN5S/c1-20-13-18-11-8(4-6-16-11)12(19-13)17-7-10-9(14)3-2-5-15-10/h2-6H,7H2,1H3,(H2,16,17,18,19). The highest BCUT2D eigenvalue weighted by molar-refractivity contribution is 7.98. The van der Waals surface area contributed by atoms with Gasteiger partial charge in [-0.1, -0.05) is 11.8 Å². The zero-order chi connectivity index (χ0) is 13.9. The number of rotatable bonds is 4. The van der Waals surface area contributed by atoms with E-state index < -0.39 is 0 Å². The molecule has 0 bridgehead atoms. The normalized spacial score (nSPS) is 10.9. The molecule has 3 aromatic heterocycles. The third-order valence-corrected chi connectivity index (χ3v) is 3.38. The van der Waals surface area contributed by atoms with Crippen LogP contribution in [-0.2, 0) is 6.54 Å². The summed E-state index contributed by atoms with van der Waals surface area (Å²) in [7, 11) is 0. The minimum absolute atomic E-state index is 0.276. The molecular weight excluding hydrogens is 277 g/mol. The molecule has 3 heterocycles. The van der Waals surface area contributed by atoms with Crippen LogP contribution in [0.5, 0.6) is 0 Å². The lowest BCUT2D eigenvalue weighted by Crippen LogP contribution is -2.06. The highest BCUT2D eigenvalue weighted by Gasteiger charge is 2.09.